The summed E-state index contributed by atoms with van der Waals surface area (Å²) < 4.78 is 21.0. The number of ether oxygens (including phenoxy) is 3. The van der Waals surface area contributed by atoms with Gasteiger partial charge in [0.15, 0.2) is 11.5 Å². The maximum Gasteiger partial charge on any atom is 0.243 e. The van der Waals surface area contributed by atoms with Crippen LogP contribution in [0.15, 0.2) is 16.7 Å². The van der Waals surface area contributed by atoms with Gasteiger partial charge >= 0.3 is 0 Å². The van der Waals surface area contributed by atoms with Gasteiger partial charge in [-0.25, -0.2) is 0 Å². The van der Waals surface area contributed by atoms with Gasteiger partial charge in [-0.3, -0.25) is 0 Å². The van der Waals surface area contributed by atoms with Gasteiger partial charge in [-0.2, -0.15) is 4.98 Å². The molecule has 1 atom stereocenters. The number of aromatic nitrogens is 2. The predicted molar refractivity (Wildman–Crippen MR) is 72.0 cm³/mol. The van der Waals surface area contributed by atoms with E-state index in [2.05, 4.69) is 10.1 Å². The molecule has 0 fully saturated rings. The molecule has 1 unspecified atom stereocenters. The molecule has 0 aliphatic rings. The molecule has 0 saturated carbocycles. The lowest BCUT2D eigenvalue weighted by atomic mass is 10.1. The second-order valence-electron chi connectivity index (χ2n) is 4.13. The summed E-state index contributed by atoms with van der Waals surface area (Å²) in [5.74, 6) is 2.25. The van der Waals surface area contributed by atoms with Crippen LogP contribution in [0.2, 0.25) is 0 Å². The largest absolute Gasteiger partial charge is 0.493 e. The predicted octanol–water partition coefficient (Wildman–Crippen LogP) is 1.78. The summed E-state index contributed by atoms with van der Waals surface area (Å²) in [6.07, 6.45) is 0. The number of benzene rings is 1. The molecule has 1 heterocycles. The number of methoxy groups -OCH3 is 3. The van der Waals surface area contributed by atoms with Gasteiger partial charge in [0.05, 0.1) is 32.9 Å². The number of hydrogen-bond acceptors (Lipinski definition) is 7. The van der Waals surface area contributed by atoms with Crippen molar-refractivity contribution in [3.63, 3.8) is 0 Å². The smallest absolute Gasteiger partial charge is 0.243 e. The van der Waals surface area contributed by atoms with Crippen molar-refractivity contribution < 1.29 is 18.7 Å². The molecule has 2 aromatic rings. The summed E-state index contributed by atoms with van der Waals surface area (Å²) in [6.45, 7) is 1.77. The van der Waals surface area contributed by atoms with Gasteiger partial charge in [-0.15, -0.1) is 0 Å². The van der Waals surface area contributed by atoms with Crippen LogP contribution in [-0.2, 0) is 0 Å². The average Bonchev–Trinajstić information content (AvgIpc) is 2.95. The topological polar surface area (TPSA) is 92.6 Å². The molecule has 1 aromatic heterocycles. The Kier molecular flexibility index (Phi) is 4.09. The van der Waals surface area contributed by atoms with E-state index < -0.39 is 0 Å². The second kappa shape index (κ2) is 5.79. The summed E-state index contributed by atoms with van der Waals surface area (Å²) in [5, 5.41) is 3.90. The Morgan fingerprint density at radius 1 is 1.10 bits per heavy atom. The number of hydrogen-bond donors (Lipinski definition) is 1. The minimum absolute atomic E-state index is 0.331. The minimum atomic E-state index is -0.331. The molecular weight excluding hydrogens is 262 g/mol. The Morgan fingerprint density at radius 3 is 2.30 bits per heavy atom. The van der Waals surface area contributed by atoms with Gasteiger partial charge in [-0.05, 0) is 19.1 Å². The van der Waals surface area contributed by atoms with Gasteiger partial charge in [0.2, 0.25) is 17.5 Å². The van der Waals surface area contributed by atoms with Crippen LogP contribution in [0, 0.1) is 0 Å². The van der Waals surface area contributed by atoms with E-state index in [9.17, 15) is 0 Å². The van der Waals surface area contributed by atoms with Crippen LogP contribution in [0.3, 0.4) is 0 Å². The molecule has 0 radical (unpaired) electrons. The first-order valence-corrected chi connectivity index (χ1v) is 6.00. The number of nitrogens with zero attached hydrogens (tertiary/aromatic N) is 2. The van der Waals surface area contributed by atoms with Crippen LogP contribution in [0.25, 0.3) is 11.4 Å². The zero-order chi connectivity index (χ0) is 14.7. The second-order valence-corrected chi connectivity index (χ2v) is 4.13. The van der Waals surface area contributed by atoms with Crippen LogP contribution >= 0.6 is 0 Å². The summed E-state index contributed by atoms with van der Waals surface area (Å²) in [6, 6.07) is 3.19. The summed E-state index contributed by atoms with van der Waals surface area (Å²) >= 11 is 0. The molecule has 2 rings (SSSR count). The first-order chi connectivity index (χ1) is 9.62. The molecule has 0 aliphatic carbocycles. The third-order valence-corrected chi connectivity index (χ3v) is 2.78. The van der Waals surface area contributed by atoms with Gasteiger partial charge in [0.25, 0.3) is 0 Å². The lowest BCUT2D eigenvalue weighted by molar-refractivity contribution is 0.325. The van der Waals surface area contributed by atoms with E-state index in [4.69, 9.17) is 24.5 Å². The molecule has 0 amide bonds. The lowest BCUT2D eigenvalue weighted by Crippen LogP contribution is -2.05. The van der Waals surface area contributed by atoms with Gasteiger partial charge in [0.1, 0.15) is 0 Å². The first-order valence-electron chi connectivity index (χ1n) is 6.00. The molecule has 0 saturated heterocycles. The molecular formula is C13H17N3O4. The maximum atomic E-state index is 5.71. The third-order valence-electron chi connectivity index (χ3n) is 2.78. The highest BCUT2D eigenvalue weighted by Gasteiger charge is 2.21. The minimum Gasteiger partial charge on any atom is -0.493 e. The zero-order valence-corrected chi connectivity index (χ0v) is 11.8. The fraction of sp³-hybridized carbons (Fsp3) is 0.385. The molecule has 0 spiro atoms. The Balaban J connectivity index is 2.55. The van der Waals surface area contributed by atoms with Crippen molar-refractivity contribution in [2.24, 2.45) is 5.73 Å². The molecule has 2 N–H and O–H groups in total. The number of nitrogens with two attached hydrogens (primary N) is 1. The molecule has 0 bridgehead atoms. The maximum absolute atomic E-state index is 5.71. The number of rotatable bonds is 5. The van der Waals surface area contributed by atoms with E-state index in [0.717, 1.165) is 0 Å². The SMILES string of the molecule is COc1ccc(-c2noc(C(C)N)n2)c(OC)c1OC. The van der Waals surface area contributed by atoms with Crippen molar-refractivity contribution in [3.8, 4) is 28.6 Å². The average molecular weight is 279 g/mol. The fourth-order valence-electron chi connectivity index (χ4n) is 1.81. The van der Waals surface area contributed by atoms with E-state index in [0.29, 0.717) is 34.5 Å². The van der Waals surface area contributed by atoms with Crippen LogP contribution in [0.5, 0.6) is 17.2 Å². The van der Waals surface area contributed by atoms with Crippen LogP contribution in [0.4, 0.5) is 0 Å². The van der Waals surface area contributed by atoms with E-state index in [1.165, 1.54) is 14.2 Å². The highest BCUT2D eigenvalue weighted by Crippen LogP contribution is 2.43. The molecule has 20 heavy (non-hydrogen) atoms. The Labute approximate surface area is 116 Å². The van der Waals surface area contributed by atoms with Crippen molar-refractivity contribution in [1.82, 2.24) is 10.1 Å². The van der Waals surface area contributed by atoms with Crippen LogP contribution in [-0.4, -0.2) is 31.5 Å². The standard InChI is InChI=1S/C13H17N3O4/c1-7(14)13-15-12(16-20-13)8-5-6-9(17-2)11(19-4)10(8)18-3/h5-7H,14H2,1-4H3. The Hall–Kier alpha value is -2.28. The normalized spacial score (nSPS) is 12.1. The highest BCUT2D eigenvalue weighted by atomic mass is 16.5. The van der Waals surface area contributed by atoms with Crippen molar-refractivity contribution in [2.75, 3.05) is 21.3 Å². The Bertz CT molecular complexity index is 595. The van der Waals surface area contributed by atoms with Crippen molar-refractivity contribution in [2.45, 2.75) is 13.0 Å². The van der Waals surface area contributed by atoms with Crippen LogP contribution in [0.1, 0.15) is 18.9 Å². The van der Waals surface area contributed by atoms with Crippen LogP contribution < -0.4 is 19.9 Å². The van der Waals surface area contributed by atoms with Gasteiger partial charge in [0, 0.05) is 0 Å². The fourth-order valence-corrected chi connectivity index (χ4v) is 1.81. The monoisotopic (exact) mass is 279 g/mol. The van der Waals surface area contributed by atoms with E-state index >= 15 is 0 Å². The van der Waals surface area contributed by atoms with Crippen molar-refractivity contribution in [1.29, 1.82) is 0 Å². The zero-order valence-electron chi connectivity index (χ0n) is 11.8. The van der Waals surface area contributed by atoms with Gasteiger partial charge in [-0.1, -0.05) is 5.16 Å². The highest BCUT2D eigenvalue weighted by molar-refractivity contribution is 5.72. The molecule has 1 aromatic carbocycles. The first kappa shape index (κ1) is 14.1. The molecule has 0 aliphatic heterocycles. The Morgan fingerprint density at radius 2 is 1.80 bits per heavy atom. The molecule has 7 nitrogen and oxygen atoms in total. The van der Waals surface area contributed by atoms with E-state index in [-0.39, 0.29) is 6.04 Å². The van der Waals surface area contributed by atoms with Gasteiger partial charge < -0.3 is 24.5 Å². The summed E-state index contributed by atoms with van der Waals surface area (Å²) in [5.41, 5.74) is 6.34. The van der Waals surface area contributed by atoms with Crippen molar-refractivity contribution >= 4 is 0 Å². The third kappa shape index (κ3) is 2.39. The quantitative estimate of drug-likeness (QED) is 0.891. The van der Waals surface area contributed by atoms with E-state index in [1.807, 2.05) is 0 Å². The van der Waals surface area contributed by atoms with E-state index in [1.54, 1.807) is 26.2 Å². The summed E-state index contributed by atoms with van der Waals surface area (Å²) in [4.78, 5) is 4.24. The van der Waals surface area contributed by atoms with Crippen molar-refractivity contribution in [3.05, 3.63) is 18.0 Å². The lowest BCUT2D eigenvalue weighted by Gasteiger charge is -2.13. The molecule has 108 valence electrons. The molecule has 7 heteroatoms. The summed E-state index contributed by atoms with van der Waals surface area (Å²) in [7, 11) is 4.63.